The van der Waals surface area contributed by atoms with Crippen LogP contribution in [-0.4, -0.2) is 68.6 Å². The first-order valence-electron chi connectivity index (χ1n) is 9.52. The highest BCUT2D eigenvalue weighted by molar-refractivity contribution is 5.91. The lowest BCUT2D eigenvalue weighted by atomic mass is 10.2. The van der Waals surface area contributed by atoms with E-state index in [1.807, 2.05) is 0 Å². The number of phenolic OH excluding ortho intramolecular Hbond substituents is 5. The minimum absolute atomic E-state index is 0.137. The predicted molar refractivity (Wildman–Crippen MR) is 111 cm³/mol. The van der Waals surface area contributed by atoms with Crippen LogP contribution in [0.2, 0.25) is 0 Å². The average molecular weight is 485 g/mol. The maximum atomic E-state index is 11.9. The first-order valence-corrected chi connectivity index (χ1v) is 9.52. The summed E-state index contributed by atoms with van der Waals surface area (Å²) in [6, 6.07) is 3.50. The van der Waals surface area contributed by atoms with Crippen LogP contribution < -0.4 is 5.11 Å². The highest BCUT2D eigenvalue weighted by Crippen LogP contribution is 2.35. The highest BCUT2D eigenvalue weighted by Gasteiger charge is 2.19. The maximum absolute atomic E-state index is 11.9. The zero-order chi connectivity index (χ0) is 26.2. The molecular weight excluding hydrogens is 460 g/mol. The molecule has 0 aliphatic carbocycles. The molecule has 6 N–H and O–H groups in total. The van der Waals surface area contributed by atoms with Gasteiger partial charge in [0.2, 0.25) is 6.29 Å². The van der Waals surface area contributed by atoms with Crippen LogP contribution in [0.15, 0.2) is 24.3 Å². The van der Waals surface area contributed by atoms with E-state index in [-0.39, 0.29) is 11.1 Å². The van der Waals surface area contributed by atoms with Crippen molar-refractivity contribution in [1.29, 1.82) is 0 Å². The Morgan fingerprint density at radius 2 is 1.21 bits per heavy atom. The third-order valence-electron chi connectivity index (χ3n) is 3.97. The Balaban J connectivity index is 0.000000404. The van der Waals surface area contributed by atoms with Crippen LogP contribution in [0.3, 0.4) is 0 Å². The summed E-state index contributed by atoms with van der Waals surface area (Å²) < 4.78 is 20.4. The molecule has 0 aliphatic heterocycles. The van der Waals surface area contributed by atoms with Gasteiger partial charge < -0.3 is 54.7 Å². The fourth-order valence-electron chi connectivity index (χ4n) is 2.32. The second-order valence-electron chi connectivity index (χ2n) is 6.63. The summed E-state index contributed by atoms with van der Waals surface area (Å²) in [6.45, 7) is 4.77. The lowest BCUT2D eigenvalue weighted by Crippen LogP contribution is -2.27. The molecular formula is C21H25O13-. The summed E-state index contributed by atoms with van der Waals surface area (Å²) >= 11 is 0. The van der Waals surface area contributed by atoms with Crippen LogP contribution in [0, 0.1) is 0 Å². The summed E-state index contributed by atoms with van der Waals surface area (Å²) in [5.41, 5.74) is -0.466. The Morgan fingerprint density at radius 3 is 1.65 bits per heavy atom. The highest BCUT2D eigenvalue weighted by atomic mass is 16.8. The van der Waals surface area contributed by atoms with Gasteiger partial charge >= 0.3 is 11.9 Å². The molecule has 188 valence electrons. The van der Waals surface area contributed by atoms with Gasteiger partial charge in [-0.15, -0.1) is 0 Å². The molecule has 0 radical (unpaired) electrons. The molecule has 3 unspecified atom stereocenters. The zero-order valence-electron chi connectivity index (χ0n) is 18.6. The number of benzene rings is 2. The normalized spacial score (nSPS) is 13.2. The molecule has 13 nitrogen and oxygen atoms in total. The van der Waals surface area contributed by atoms with Crippen molar-refractivity contribution >= 4 is 11.9 Å². The van der Waals surface area contributed by atoms with Crippen molar-refractivity contribution in [2.24, 2.45) is 0 Å². The maximum Gasteiger partial charge on any atom is 0.340 e. The Morgan fingerprint density at radius 1 is 0.765 bits per heavy atom. The largest absolute Gasteiger partial charge is 0.867 e. The van der Waals surface area contributed by atoms with E-state index in [0.29, 0.717) is 0 Å². The number of hydrogen-bond acceptors (Lipinski definition) is 12. The molecule has 2 rings (SSSR count). The number of aromatic carboxylic acids is 1. The third kappa shape index (κ3) is 8.20. The number of methoxy groups -OCH3 is 1. The number of esters is 1. The summed E-state index contributed by atoms with van der Waals surface area (Å²) in [5, 5.41) is 64.6. The Bertz CT molecular complexity index is 958. The topological polar surface area (TPSA) is 215 Å². The first-order chi connectivity index (χ1) is 15.8. The fourth-order valence-corrected chi connectivity index (χ4v) is 2.32. The SMILES string of the molecule is COC(C)OC(C)OC(C)OC(=O)c1cc(O)c(O)c(O)c1.O=C(O)c1cc(O)c([O-])c(O)c1. The molecule has 0 saturated heterocycles. The number of phenols is 5. The second kappa shape index (κ2) is 12.3. The van der Waals surface area contributed by atoms with Crippen LogP contribution in [0.1, 0.15) is 41.5 Å². The van der Waals surface area contributed by atoms with Gasteiger partial charge in [-0.25, -0.2) is 9.59 Å². The number of carbonyl (C=O) groups is 2. The van der Waals surface area contributed by atoms with Crippen molar-refractivity contribution in [3.8, 4) is 34.5 Å². The molecule has 0 amide bonds. The standard InChI is InChI=1S/C14H20O8.C7H6O5/c1-7(19-4)20-8(2)21-9(3)22-14(18)10-5-11(15)13(17)12(16)6-10;8-4-1-3(7(11)12)2-5(9)6(4)10/h5-9,15-17H,1-4H3;1-2,8-10H,(H,11,12)/p-1. The van der Waals surface area contributed by atoms with Crippen molar-refractivity contribution < 1.29 is 64.3 Å². The molecule has 0 bridgehead atoms. The van der Waals surface area contributed by atoms with Crippen molar-refractivity contribution in [1.82, 2.24) is 0 Å². The predicted octanol–water partition coefficient (Wildman–Crippen LogP) is 1.55. The molecule has 0 fully saturated rings. The van der Waals surface area contributed by atoms with E-state index in [1.54, 1.807) is 13.8 Å². The number of aromatic hydroxyl groups is 5. The van der Waals surface area contributed by atoms with Crippen LogP contribution in [0.25, 0.3) is 0 Å². The molecule has 2 aromatic rings. The number of rotatable bonds is 8. The monoisotopic (exact) mass is 485 g/mol. The molecule has 0 spiro atoms. The lowest BCUT2D eigenvalue weighted by Gasteiger charge is -2.22. The first kappa shape index (κ1) is 28.1. The molecule has 0 aliphatic rings. The van der Waals surface area contributed by atoms with E-state index < -0.39 is 65.3 Å². The van der Waals surface area contributed by atoms with E-state index in [0.717, 1.165) is 24.3 Å². The number of hydrogen-bond donors (Lipinski definition) is 6. The number of carboxylic acids is 1. The second-order valence-corrected chi connectivity index (χ2v) is 6.63. The lowest BCUT2D eigenvalue weighted by molar-refractivity contribution is -0.272. The molecule has 0 saturated carbocycles. The Hall–Kier alpha value is -3.94. The molecule has 0 heterocycles. The van der Waals surface area contributed by atoms with Crippen LogP contribution in [0.4, 0.5) is 0 Å². The zero-order valence-corrected chi connectivity index (χ0v) is 18.6. The minimum atomic E-state index is -1.32. The minimum Gasteiger partial charge on any atom is -0.867 e. The van der Waals surface area contributed by atoms with Gasteiger partial charge in [0.1, 0.15) is 11.5 Å². The van der Waals surface area contributed by atoms with E-state index >= 15 is 0 Å². The van der Waals surface area contributed by atoms with Crippen LogP contribution in [-0.2, 0) is 18.9 Å². The van der Waals surface area contributed by atoms with Crippen molar-refractivity contribution in [3.05, 3.63) is 35.4 Å². The van der Waals surface area contributed by atoms with E-state index in [1.165, 1.54) is 14.0 Å². The number of carboxylic acid groups (broad SMARTS) is 1. The van der Waals surface area contributed by atoms with Gasteiger partial charge in [-0.05, 0) is 50.8 Å². The number of carbonyl (C=O) groups excluding carboxylic acids is 1. The average Bonchev–Trinajstić information content (AvgIpc) is 2.74. The third-order valence-corrected chi connectivity index (χ3v) is 3.97. The van der Waals surface area contributed by atoms with Gasteiger partial charge in [0, 0.05) is 7.11 Å². The van der Waals surface area contributed by atoms with Crippen molar-refractivity contribution in [3.63, 3.8) is 0 Å². The van der Waals surface area contributed by atoms with E-state index in [4.69, 9.17) is 34.3 Å². The van der Waals surface area contributed by atoms with Crippen LogP contribution in [0.5, 0.6) is 34.5 Å². The summed E-state index contributed by atoms with van der Waals surface area (Å²) in [4.78, 5) is 22.2. The van der Waals surface area contributed by atoms with Gasteiger partial charge in [0.25, 0.3) is 0 Å². The van der Waals surface area contributed by atoms with Crippen LogP contribution >= 0.6 is 0 Å². The number of ether oxygens (including phenoxy) is 4. The van der Waals surface area contributed by atoms with Gasteiger partial charge in [0.15, 0.2) is 29.8 Å². The van der Waals surface area contributed by atoms with E-state index in [2.05, 4.69) is 0 Å². The molecule has 2 aromatic carbocycles. The van der Waals surface area contributed by atoms with Crippen molar-refractivity contribution in [2.75, 3.05) is 7.11 Å². The molecule has 13 heteroatoms. The quantitative estimate of drug-likeness (QED) is 0.178. The van der Waals surface area contributed by atoms with Gasteiger partial charge in [0.05, 0.1) is 11.1 Å². The van der Waals surface area contributed by atoms with Gasteiger partial charge in [-0.2, -0.15) is 0 Å². The van der Waals surface area contributed by atoms with Gasteiger partial charge in [-0.3, -0.25) is 0 Å². The van der Waals surface area contributed by atoms with Gasteiger partial charge in [-0.1, -0.05) is 0 Å². The Kier molecular flexibility index (Phi) is 10.2. The summed E-state index contributed by atoms with van der Waals surface area (Å²) in [7, 11) is 1.48. The molecule has 34 heavy (non-hydrogen) atoms. The molecule has 0 aromatic heterocycles. The van der Waals surface area contributed by atoms with E-state index in [9.17, 15) is 30.0 Å². The summed E-state index contributed by atoms with van der Waals surface area (Å²) in [6.07, 6.45) is -2.10. The fraction of sp³-hybridized carbons (Fsp3) is 0.333. The smallest absolute Gasteiger partial charge is 0.340 e. The van der Waals surface area contributed by atoms with Crippen molar-refractivity contribution in [2.45, 2.75) is 39.6 Å². The Labute approximate surface area is 193 Å². The summed E-state index contributed by atoms with van der Waals surface area (Å²) in [5.74, 6) is -6.65. The molecule has 3 atom stereocenters.